The van der Waals surface area contributed by atoms with Crippen LogP contribution in [-0.2, 0) is 6.54 Å². The summed E-state index contributed by atoms with van der Waals surface area (Å²) >= 11 is 1.04. The maximum absolute atomic E-state index is 15.7. The van der Waals surface area contributed by atoms with Crippen LogP contribution in [0.1, 0.15) is 32.6 Å². The zero-order valence-corrected chi connectivity index (χ0v) is 25.8. The summed E-state index contributed by atoms with van der Waals surface area (Å²) in [5.41, 5.74) is -0.419. The maximum Gasteiger partial charge on any atom is 0.410 e. The van der Waals surface area contributed by atoms with Crippen LogP contribution >= 0.6 is 11.3 Å². The van der Waals surface area contributed by atoms with E-state index in [0.717, 1.165) is 27.2 Å². The van der Waals surface area contributed by atoms with Gasteiger partial charge in [0.25, 0.3) is 0 Å². The van der Waals surface area contributed by atoms with Gasteiger partial charge in [0.2, 0.25) is 0 Å². The molecule has 0 radical (unpaired) electrons. The van der Waals surface area contributed by atoms with Gasteiger partial charge in [-0.1, -0.05) is 32.1 Å². The van der Waals surface area contributed by atoms with Crippen LogP contribution < -0.4 is 9.80 Å². The number of fused-ring (bicyclic) bond motifs is 1. The Morgan fingerprint density at radius 1 is 1.13 bits per heavy atom. The van der Waals surface area contributed by atoms with E-state index in [-0.39, 0.29) is 41.1 Å². The van der Waals surface area contributed by atoms with Crippen molar-refractivity contribution in [1.82, 2.24) is 19.7 Å². The van der Waals surface area contributed by atoms with Crippen molar-refractivity contribution < 1.29 is 31.9 Å². The second kappa shape index (κ2) is 11.5. The highest BCUT2D eigenvalue weighted by molar-refractivity contribution is 7.16. The van der Waals surface area contributed by atoms with Crippen molar-refractivity contribution in [3.63, 3.8) is 0 Å². The van der Waals surface area contributed by atoms with E-state index in [4.69, 9.17) is 0 Å². The summed E-state index contributed by atoms with van der Waals surface area (Å²) in [6.45, 7) is 6.14. The summed E-state index contributed by atoms with van der Waals surface area (Å²) in [7, 11) is 1.63. The highest BCUT2D eigenvalue weighted by Gasteiger charge is 2.57. The van der Waals surface area contributed by atoms with Crippen molar-refractivity contribution in [2.24, 2.45) is 5.41 Å². The molecule has 2 atom stereocenters. The van der Waals surface area contributed by atoms with E-state index in [1.165, 1.54) is 35.0 Å². The first-order chi connectivity index (χ1) is 21.1. The Balaban J connectivity index is 1.65. The minimum Gasteiger partial charge on any atom is -0.465 e. The Morgan fingerprint density at radius 3 is 2.36 bits per heavy atom. The maximum atomic E-state index is 15.7. The van der Waals surface area contributed by atoms with Gasteiger partial charge >= 0.3 is 12.3 Å². The number of hydrogen-bond donors (Lipinski definition) is 1. The first-order valence-corrected chi connectivity index (χ1v) is 14.8. The van der Waals surface area contributed by atoms with E-state index in [0.29, 0.717) is 22.2 Å². The number of halogens is 5. The van der Waals surface area contributed by atoms with Gasteiger partial charge in [-0.05, 0) is 48.7 Å². The number of thiazole rings is 1. The standard InChI is InChI=1S/C30H30F5N7O2S/c1-6-42-26(39(5)27-37-22(21(15-36)45-27)16-7-9-17(31)10-8-16)19-13-18(14-20(32)23(19)38-42)40-11-12-41(28(43)44)24(29(2,3)4)25(40)30(33,34)35/h7-10,13-14,24-25H,6,11-12H2,1-5H3,(H,43,44). The van der Waals surface area contributed by atoms with Crippen molar-refractivity contribution in [3.05, 3.63) is 52.9 Å². The van der Waals surface area contributed by atoms with Gasteiger partial charge in [-0.15, -0.1) is 0 Å². The summed E-state index contributed by atoms with van der Waals surface area (Å²) in [6.07, 6.45) is -6.31. The van der Waals surface area contributed by atoms with Crippen molar-refractivity contribution >= 4 is 45.0 Å². The summed E-state index contributed by atoms with van der Waals surface area (Å²) in [5, 5.41) is 24.5. The molecule has 1 N–H and O–H groups in total. The van der Waals surface area contributed by atoms with Crippen LogP contribution in [0.2, 0.25) is 0 Å². The van der Waals surface area contributed by atoms with E-state index in [1.807, 2.05) is 0 Å². The SMILES string of the molecule is CCn1nc2c(F)cc(N3CCN(C(=O)O)C(C(C)(C)C)C3C(F)(F)F)cc2c1N(C)c1nc(-c2ccc(F)cc2)c(C#N)s1. The first-order valence-electron chi connectivity index (χ1n) is 14.0. The Morgan fingerprint density at radius 2 is 1.80 bits per heavy atom. The smallest absolute Gasteiger partial charge is 0.410 e. The first kappa shape index (κ1) is 32.0. The van der Waals surface area contributed by atoms with E-state index in [1.54, 1.807) is 39.6 Å². The quantitative estimate of drug-likeness (QED) is 0.228. The molecule has 4 aromatic rings. The Kier molecular flexibility index (Phi) is 8.15. The molecule has 0 aliphatic carbocycles. The van der Waals surface area contributed by atoms with Crippen LogP contribution in [0, 0.1) is 28.4 Å². The van der Waals surface area contributed by atoms with Crippen LogP contribution in [-0.4, -0.2) is 69.3 Å². The monoisotopic (exact) mass is 647 g/mol. The highest BCUT2D eigenvalue weighted by Crippen LogP contribution is 2.44. The van der Waals surface area contributed by atoms with Crippen molar-refractivity contribution in [1.29, 1.82) is 5.26 Å². The average molecular weight is 648 g/mol. The Labute approximate surface area is 259 Å². The average Bonchev–Trinajstić information content (AvgIpc) is 3.57. The summed E-state index contributed by atoms with van der Waals surface area (Å²) < 4.78 is 75.2. The highest BCUT2D eigenvalue weighted by atomic mass is 32.1. The van der Waals surface area contributed by atoms with E-state index >= 15 is 4.39 Å². The van der Waals surface area contributed by atoms with Crippen molar-refractivity contribution in [3.8, 4) is 17.3 Å². The lowest BCUT2D eigenvalue weighted by Gasteiger charge is -2.52. The van der Waals surface area contributed by atoms with Gasteiger partial charge in [-0.3, -0.25) is 0 Å². The lowest BCUT2D eigenvalue weighted by molar-refractivity contribution is -0.175. The molecule has 9 nitrogen and oxygen atoms in total. The molecule has 3 heterocycles. The fraction of sp³-hybridized carbons (Fsp3) is 0.400. The molecule has 1 amide bonds. The molecule has 0 spiro atoms. The Bertz CT molecular complexity index is 1790. The van der Waals surface area contributed by atoms with Gasteiger partial charge in [-0.25, -0.2) is 23.2 Å². The number of piperazine rings is 1. The number of alkyl halides is 3. The summed E-state index contributed by atoms with van der Waals surface area (Å²) in [4.78, 5) is 20.3. The molecule has 15 heteroatoms. The van der Waals surface area contributed by atoms with Crippen molar-refractivity contribution in [2.45, 2.75) is 52.5 Å². The number of aromatic nitrogens is 3. The third kappa shape index (κ3) is 5.74. The van der Waals surface area contributed by atoms with E-state index in [2.05, 4.69) is 16.2 Å². The zero-order valence-electron chi connectivity index (χ0n) is 25.0. The topological polar surface area (TPSA) is 102 Å². The largest absolute Gasteiger partial charge is 0.465 e. The minimum absolute atomic E-state index is 0.0710. The molecule has 1 aliphatic rings. The van der Waals surface area contributed by atoms with Crippen LogP contribution in [0.5, 0.6) is 0 Å². The van der Waals surface area contributed by atoms with Gasteiger partial charge in [0.1, 0.15) is 39.8 Å². The Hall–Kier alpha value is -4.45. The van der Waals surface area contributed by atoms with Gasteiger partial charge in [0.05, 0.1) is 6.04 Å². The van der Waals surface area contributed by atoms with Crippen LogP contribution in [0.3, 0.4) is 0 Å². The molecule has 238 valence electrons. The number of anilines is 3. The third-order valence-corrected chi connectivity index (χ3v) is 8.88. The zero-order chi connectivity index (χ0) is 33.0. The number of aryl methyl sites for hydroxylation is 1. The lowest BCUT2D eigenvalue weighted by atomic mass is 9.78. The molecule has 1 fully saturated rings. The molecule has 2 unspecified atom stereocenters. The lowest BCUT2D eigenvalue weighted by Crippen LogP contribution is -2.69. The number of rotatable bonds is 5. The number of hydrogen-bond acceptors (Lipinski definition) is 7. The van der Waals surface area contributed by atoms with Gasteiger partial charge in [-0.2, -0.15) is 23.5 Å². The second-order valence-electron chi connectivity index (χ2n) is 11.8. The third-order valence-electron chi connectivity index (χ3n) is 7.85. The van der Waals surface area contributed by atoms with Gasteiger partial charge in [0, 0.05) is 43.3 Å². The molecule has 2 aromatic heterocycles. The molecule has 45 heavy (non-hydrogen) atoms. The molecule has 5 rings (SSSR count). The number of benzene rings is 2. The fourth-order valence-electron chi connectivity index (χ4n) is 5.96. The van der Waals surface area contributed by atoms with Crippen molar-refractivity contribution in [2.75, 3.05) is 29.9 Å². The van der Waals surface area contributed by atoms with Crippen LogP contribution in [0.25, 0.3) is 22.2 Å². The van der Waals surface area contributed by atoms with Gasteiger partial charge < -0.3 is 19.8 Å². The molecule has 2 aromatic carbocycles. The summed E-state index contributed by atoms with van der Waals surface area (Å²) in [6, 6.07) is 6.28. The molecule has 0 saturated carbocycles. The number of carbonyl (C=O) groups is 1. The molecule has 1 aliphatic heterocycles. The number of carboxylic acid groups (broad SMARTS) is 1. The molecular weight excluding hydrogens is 617 g/mol. The van der Waals surface area contributed by atoms with Crippen LogP contribution in [0.15, 0.2) is 36.4 Å². The normalized spacial score (nSPS) is 17.5. The molecule has 1 saturated heterocycles. The van der Waals surface area contributed by atoms with E-state index in [9.17, 15) is 32.7 Å². The second-order valence-corrected chi connectivity index (χ2v) is 12.8. The fourth-order valence-corrected chi connectivity index (χ4v) is 6.81. The van der Waals surface area contributed by atoms with E-state index < -0.39 is 41.4 Å². The predicted octanol–water partition coefficient (Wildman–Crippen LogP) is 7.24. The summed E-state index contributed by atoms with van der Waals surface area (Å²) in [5.74, 6) is -0.966. The number of amides is 1. The van der Waals surface area contributed by atoms with Gasteiger partial charge in [0.15, 0.2) is 10.9 Å². The molecule has 0 bridgehead atoms. The predicted molar refractivity (Wildman–Crippen MR) is 161 cm³/mol. The van der Waals surface area contributed by atoms with Crippen LogP contribution in [0.4, 0.5) is 43.4 Å². The number of nitriles is 1. The molecular formula is C30H30F5N7O2S. The number of nitrogens with zero attached hydrogens (tertiary/aromatic N) is 7. The minimum atomic E-state index is -4.85.